The fourth-order valence-corrected chi connectivity index (χ4v) is 5.16. The predicted octanol–water partition coefficient (Wildman–Crippen LogP) is 4.90. The van der Waals surface area contributed by atoms with Crippen LogP contribution in [0.3, 0.4) is 0 Å². The number of amides is 1. The molecule has 0 unspecified atom stereocenters. The van der Waals surface area contributed by atoms with Gasteiger partial charge in [-0.1, -0.05) is 61.4 Å². The second kappa shape index (κ2) is 15.6. The first kappa shape index (κ1) is 31.3. The highest BCUT2D eigenvalue weighted by Gasteiger charge is 2.35. The zero-order chi connectivity index (χ0) is 30.6. The van der Waals surface area contributed by atoms with Crippen LogP contribution < -0.4 is 19.5 Å². The Kier molecular flexibility index (Phi) is 11.4. The lowest BCUT2D eigenvalue weighted by Gasteiger charge is -2.34. The fraction of sp³-hybridized carbons (Fsp3) is 0.394. The van der Waals surface area contributed by atoms with Crippen molar-refractivity contribution in [3.8, 4) is 17.2 Å². The summed E-state index contributed by atoms with van der Waals surface area (Å²) in [5, 5.41) is 2.77. The number of benzene rings is 2. The third-order valence-corrected chi connectivity index (χ3v) is 7.26. The van der Waals surface area contributed by atoms with Gasteiger partial charge >= 0.3 is 11.9 Å². The molecule has 43 heavy (non-hydrogen) atoms. The molecule has 0 bridgehead atoms. The van der Waals surface area contributed by atoms with Gasteiger partial charge in [0.1, 0.15) is 24.0 Å². The molecular formula is C33H38N2O8. The first-order valence-electron chi connectivity index (χ1n) is 14.4. The van der Waals surface area contributed by atoms with Gasteiger partial charge < -0.3 is 29.0 Å². The molecule has 1 aliphatic heterocycles. The zero-order valence-corrected chi connectivity index (χ0v) is 24.7. The van der Waals surface area contributed by atoms with Gasteiger partial charge in [0.2, 0.25) is 6.79 Å². The summed E-state index contributed by atoms with van der Waals surface area (Å²) in [7, 11) is 1.41. The second-order valence-electron chi connectivity index (χ2n) is 10.4. The molecule has 0 aliphatic carbocycles. The van der Waals surface area contributed by atoms with Crippen LogP contribution in [0.25, 0.3) is 0 Å². The molecule has 0 spiro atoms. The van der Waals surface area contributed by atoms with E-state index in [2.05, 4.69) is 22.4 Å². The van der Waals surface area contributed by atoms with Crippen LogP contribution in [0.15, 0.2) is 72.9 Å². The number of nitrogens with one attached hydrogen (secondary N) is 1. The molecule has 1 saturated heterocycles. The van der Waals surface area contributed by atoms with Gasteiger partial charge in [0.05, 0.1) is 7.11 Å². The minimum Gasteiger partial charge on any atom is -0.493 e. The number of pyridine rings is 1. The predicted molar refractivity (Wildman–Crippen MR) is 158 cm³/mol. The van der Waals surface area contributed by atoms with E-state index in [9.17, 15) is 14.4 Å². The average molecular weight is 591 g/mol. The number of esters is 2. The van der Waals surface area contributed by atoms with E-state index < -0.39 is 42.9 Å². The minimum atomic E-state index is -0.924. The molecule has 2 heterocycles. The molecular weight excluding hydrogens is 552 g/mol. The van der Waals surface area contributed by atoms with Crippen molar-refractivity contribution in [3.05, 3.63) is 84.2 Å². The molecule has 0 radical (unpaired) electrons. The number of carbonyl (C=O) groups is 3. The molecule has 10 nitrogen and oxygen atoms in total. The van der Waals surface area contributed by atoms with Gasteiger partial charge in [-0.05, 0) is 43.9 Å². The van der Waals surface area contributed by atoms with Crippen LogP contribution in [0.1, 0.15) is 55.6 Å². The molecule has 4 rings (SSSR count). The van der Waals surface area contributed by atoms with E-state index >= 15 is 0 Å². The van der Waals surface area contributed by atoms with Crippen molar-refractivity contribution in [2.75, 3.05) is 13.9 Å². The maximum atomic E-state index is 13.5. The van der Waals surface area contributed by atoms with E-state index in [1.54, 1.807) is 0 Å². The first-order chi connectivity index (χ1) is 20.9. The largest absolute Gasteiger partial charge is 0.493 e. The van der Waals surface area contributed by atoms with Gasteiger partial charge in [-0.2, -0.15) is 0 Å². The number of cyclic esters (lactones) is 1. The van der Waals surface area contributed by atoms with Crippen molar-refractivity contribution in [1.29, 1.82) is 0 Å². The van der Waals surface area contributed by atoms with Crippen molar-refractivity contribution in [1.82, 2.24) is 10.3 Å². The number of rotatable bonds is 10. The van der Waals surface area contributed by atoms with Crippen LogP contribution in [0.4, 0.5) is 0 Å². The lowest BCUT2D eigenvalue weighted by Crippen LogP contribution is -2.47. The lowest BCUT2D eigenvalue weighted by molar-refractivity contribution is -0.157. The van der Waals surface area contributed by atoms with Crippen LogP contribution in [0.2, 0.25) is 0 Å². The van der Waals surface area contributed by atoms with Crippen molar-refractivity contribution in [3.63, 3.8) is 0 Å². The molecule has 1 amide bonds. The van der Waals surface area contributed by atoms with Gasteiger partial charge in [-0.3, -0.25) is 9.59 Å². The Balaban J connectivity index is 1.53. The fourth-order valence-electron chi connectivity index (χ4n) is 5.16. The normalized spacial score (nSPS) is 20.7. The van der Waals surface area contributed by atoms with E-state index in [1.807, 2.05) is 55.5 Å². The summed E-state index contributed by atoms with van der Waals surface area (Å²) >= 11 is 0. The van der Waals surface area contributed by atoms with Gasteiger partial charge in [0, 0.05) is 25.1 Å². The Morgan fingerprint density at radius 1 is 1.00 bits per heavy atom. The Morgan fingerprint density at radius 2 is 1.70 bits per heavy atom. The Bertz CT molecular complexity index is 1350. The Labute approximate surface area is 251 Å². The summed E-state index contributed by atoms with van der Waals surface area (Å²) in [5.74, 6) is -0.760. The molecule has 10 heteroatoms. The minimum absolute atomic E-state index is 0.00886. The van der Waals surface area contributed by atoms with Crippen LogP contribution in [-0.4, -0.2) is 55.0 Å². The van der Waals surface area contributed by atoms with Crippen molar-refractivity contribution >= 4 is 17.8 Å². The van der Waals surface area contributed by atoms with E-state index in [4.69, 9.17) is 23.7 Å². The summed E-state index contributed by atoms with van der Waals surface area (Å²) < 4.78 is 28.1. The summed E-state index contributed by atoms with van der Waals surface area (Å²) in [6, 6.07) is 20.3. The maximum Gasteiger partial charge on any atom is 0.329 e. The first-order valence-corrected chi connectivity index (χ1v) is 14.4. The summed E-state index contributed by atoms with van der Waals surface area (Å²) in [5.41, 5.74) is 1.07. The van der Waals surface area contributed by atoms with E-state index in [-0.39, 0.29) is 23.1 Å². The van der Waals surface area contributed by atoms with Crippen molar-refractivity contribution in [2.24, 2.45) is 5.92 Å². The third-order valence-electron chi connectivity index (χ3n) is 7.26. The van der Waals surface area contributed by atoms with E-state index in [0.717, 1.165) is 19.3 Å². The molecule has 1 N–H and O–H groups in total. The molecule has 1 aliphatic rings. The molecule has 1 aromatic heterocycles. The lowest BCUT2D eigenvalue weighted by atomic mass is 9.86. The summed E-state index contributed by atoms with van der Waals surface area (Å²) in [6.07, 6.45) is 3.88. The van der Waals surface area contributed by atoms with E-state index in [0.29, 0.717) is 18.6 Å². The van der Waals surface area contributed by atoms with Crippen molar-refractivity contribution in [2.45, 2.75) is 64.2 Å². The number of nitrogens with zero attached hydrogens (tertiary/aromatic N) is 1. The monoisotopic (exact) mass is 590 g/mol. The van der Waals surface area contributed by atoms with Crippen LogP contribution in [-0.2, 0) is 25.5 Å². The highest BCUT2D eigenvalue weighted by atomic mass is 16.7. The highest BCUT2D eigenvalue weighted by Crippen LogP contribution is 2.31. The molecule has 2 aromatic carbocycles. The highest BCUT2D eigenvalue weighted by molar-refractivity contribution is 5.98. The molecule has 228 valence electrons. The summed E-state index contributed by atoms with van der Waals surface area (Å²) in [6.45, 7) is 2.63. The zero-order valence-electron chi connectivity index (χ0n) is 24.7. The van der Waals surface area contributed by atoms with Gasteiger partial charge in [-0.25, -0.2) is 9.78 Å². The SMILES string of the molecule is COc1ccnc(C(=O)N[C@H]2CCCC[C@H](Cc3ccccc3)[C@@H](Oc3ccccc3)[C@H](C)OC2=O)c1OCOC(C)=O. The Morgan fingerprint density at radius 3 is 2.40 bits per heavy atom. The second-order valence-corrected chi connectivity index (χ2v) is 10.4. The molecule has 3 aromatic rings. The number of para-hydroxylation sites is 1. The molecule has 0 saturated carbocycles. The topological polar surface area (TPSA) is 122 Å². The smallest absolute Gasteiger partial charge is 0.329 e. The number of aromatic nitrogens is 1. The van der Waals surface area contributed by atoms with Gasteiger partial charge in [0.15, 0.2) is 17.2 Å². The number of methoxy groups -OCH3 is 1. The number of carbonyl (C=O) groups excluding carboxylic acids is 3. The quantitative estimate of drug-likeness (QED) is 0.259. The van der Waals surface area contributed by atoms with Gasteiger partial charge in [0.25, 0.3) is 5.91 Å². The van der Waals surface area contributed by atoms with Crippen LogP contribution in [0.5, 0.6) is 17.2 Å². The molecule has 1 fully saturated rings. The third kappa shape index (κ3) is 8.94. The number of hydrogen-bond acceptors (Lipinski definition) is 9. The maximum absolute atomic E-state index is 13.5. The summed E-state index contributed by atoms with van der Waals surface area (Å²) in [4.78, 5) is 42.2. The number of hydrogen-bond donors (Lipinski definition) is 1. The van der Waals surface area contributed by atoms with Crippen LogP contribution in [0, 0.1) is 5.92 Å². The average Bonchev–Trinajstić information content (AvgIpc) is 3.01. The van der Waals surface area contributed by atoms with Crippen molar-refractivity contribution < 1.29 is 38.1 Å². The standard InChI is InChI=1S/C33H38N2O8/c1-22-30(43-26-15-8-5-9-16-26)25(20-24-12-6-4-7-13-24)14-10-11-17-27(33(38)42-22)35-32(37)29-31(41-21-40-23(2)36)28(39-3)18-19-34-29/h4-9,12-13,15-16,18-19,22,25,27,30H,10-11,14,17,20-21H2,1-3H3,(H,35,37)/t22-,25+,27-,30-/m0/s1. The Hall–Kier alpha value is -4.60. The number of ether oxygens (including phenoxy) is 5. The van der Waals surface area contributed by atoms with E-state index in [1.165, 1.54) is 31.9 Å². The van der Waals surface area contributed by atoms with Gasteiger partial charge in [-0.15, -0.1) is 0 Å². The molecule has 4 atom stereocenters. The van der Waals surface area contributed by atoms with Crippen LogP contribution >= 0.6 is 0 Å².